The molecule has 1 aromatic carbocycles. The summed E-state index contributed by atoms with van der Waals surface area (Å²) in [5.74, 6) is 0.966. The molecular formula is C20H34N2O. The highest BCUT2D eigenvalue weighted by Gasteiger charge is 2.45. The fourth-order valence-corrected chi connectivity index (χ4v) is 4.28. The Morgan fingerprint density at radius 2 is 2.00 bits per heavy atom. The van der Waals surface area contributed by atoms with E-state index < -0.39 is 0 Å². The first-order valence-corrected chi connectivity index (χ1v) is 8.99. The quantitative estimate of drug-likeness (QED) is 0.900. The van der Waals surface area contributed by atoms with E-state index in [2.05, 4.69) is 57.8 Å². The Hall–Kier alpha value is -1.06. The van der Waals surface area contributed by atoms with E-state index in [4.69, 9.17) is 0 Å². The van der Waals surface area contributed by atoms with Crippen LogP contribution in [0.4, 0.5) is 0 Å². The molecule has 0 saturated carbocycles. The van der Waals surface area contributed by atoms with Gasteiger partial charge >= 0.3 is 0 Å². The van der Waals surface area contributed by atoms with Crippen LogP contribution in [0.25, 0.3) is 0 Å². The lowest BCUT2D eigenvalue weighted by Gasteiger charge is -2.51. The van der Waals surface area contributed by atoms with Gasteiger partial charge in [-0.25, -0.2) is 0 Å². The molecule has 1 aliphatic rings. The molecule has 1 fully saturated rings. The molecule has 0 amide bonds. The summed E-state index contributed by atoms with van der Waals surface area (Å²) in [4.78, 5) is 4.76. The number of aromatic hydroxyl groups is 1. The summed E-state index contributed by atoms with van der Waals surface area (Å²) in [5.41, 5.74) is 2.93. The summed E-state index contributed by atoms with van der Waals surface area (Å²) < 4.78 is 0. The van der Waals surface area contributed by atoms with Crippen molar-refractivity contribution in [2.75, 3.05) is 34.2 Å². The first-order chi connectivity index (χ1) is 10.8. The second-order valence-corrected chi connectivity index (χ2v) is 7.66. The number of phenolic OH excluding ortho intramolecular Hbond substituents is 1. The maximum Gasteiger partial charge on any atom is 0.115 e. The molecule has 0 spiro atoms. The Morgan fingerprint density at radius 3 is 2.61 bits per heavy atom. The molecule has 0 radical (unpaired) electrons. The van der Waals surface area contributed by atoms with Crippen molar-refractivity contribution in [1.82, 2.24) is 9.80 Å². The average Bonchev–Trinajstić information content (AvgIpc) is 2.52. The van der Waals surface area contributed by atoms with Gasteiger partial charge in [0.25, 0.3) is 0 Å². The summed E-state index contributed by atoms with van der Waals surface area (Å²) in [5, 5.41) is 10.1. The maximum atomic E-state index is 10.1. The van der Waals surface area contributed by atoms with Crippen molar-refractivity contribution in [2.45, 2.75) is 51.5 Å². The van der Waals surface area contributed by atoms with Crippen LogP contribution in [0.5, 0.6) is 5.75 Å². The zero-order chi connectivity index (χ0) is 17.2. The summed E-state index contributed by atoms with van der Waals surface area (Å²) >= 11 is 0. The van der Waals surface area contributed by atoms with E-state index in [1.54, 1.807) is 0 Å². The van der Waals surface area contributed by atoms with E-state index in [0.717, 1.165) is 25.9 Å². The van der Waals surface area contributed by atoms with Crippen molar-refractivity contribution in [3.8, 4) is 5.75 Å². The molecule has 1 aromatic rings. The SMILES string of the molecule is CCc1ccc(O)cc1C1(CCN(C)C)CCN(C)C(C)[C@@H]1C. The van der Waals surface area contributed by atoms with Gasteiger partial charge in [0, 0.05) is 11.5 Å². The predicted molar refractivity (Wildman–Crippen MR) is 98.2 cm³/mol. The van der Waals surface area contributed by atoms with E-state index in [0.29, 0.717) is 17.7 Å². The fourth-order valence-electron chi connectivity index (χ4n) is 4.28. The van der Waals surface area contributed by atoms with Gasteiger partial charge in [0.05, 0.1) is 0 Å². The van der Waals surface area contributed by atoms with Crippen LogP contribution in [0.3, 0.4) is 0 Å². The molecule has 0 bridgehead atoms. The van der Waals surface area contributed by atoms with Gasteiger partial charge in [-0.1, -0.05) is 19.9 Å². The molecule has 2 rings (SSSR count). The largest absolute Gasteiger partial charge is 0.508 e. The van der Waals surface area contributed by atoms with Crippen molar-refractivity contribution in [3.63, 3.8) is 0 Å². The van der Waals surface area contributed by atoms with Gasteiger partial charge in [0.2, 0.25) is 0 Å². The average molecular weight is 319 g/mol. The third-order valence-corrected chi connectivity index (χ3v) is 6.22. The van der Waals surface area contributed by atoms with Gasteiger partial charge < -0.3 is 14.9 Å². The topological polar surface area (TPSA) is 26.7 Å². The van der Waals surface area contributed by atoms with Crippen LogP contribution in [0.2, 0.25) is 0 Å². The Bertz CT molecular complexity index is 528. The summed E-state index contributed by atoms with van der Waals surface area (Å²) in [7, 11) is 6.54. The van der Waals surface area contributed by atoms with Gasteiger partial charge in [-0.3, -0.25) is 0 Å². The minimum Gasteiger partial charge on any atom is -0.508 e. The van der Waals surface area contributed by atoms with Crippen molar-refractivity contribution in [1.29, 1.82) is 0 Å². The van der Waals surface area contributed by atoms with Crippen LogP contribution in [0.15, 0.2) is 18.2 Å². The van der Waals surface area contributed by atoms with Gasteiger partial charge in [-0.2, -0.15) is 0 Å². The molecular weight excluding hydrogens is 284 g/mol. The van der Waals surface area contributed by atoms with Crippen LogP contribution in [-0.4, -0.2) is 55.2 Å². The first kappa shape index (κ1) is 18.3. The van der Waals surface area contributed by atoms with Crippen molar-refractivity contribution >= 4 is 0 Å². The standard InChI is InChI=1S/C20H34N2O/c1-7-17-8-9-18(23)14-19(17)20(10-12-21(4)5)11-13-22(6)16(3)15(20)2/h8-9,14-16,23H,7,10-13H2,1-6H3/t15-,16?,20?/m0/s1. The van der Waals surface area contributed by atoms with Crippen molar-refractivity contribution < 1.29 is 5.11 Å². The van der Waals surface area contributed by atoms with E-state index in [9.17, 15) is 5.11 Å². The Labute approximate surface area is 142 Å². The summed E-state index contributed by atoms with van der Waals surface area (Å²) in [6.07, 6.45) is 3.34. The first-order valence-electron chi connectivity index (χ1n) is 8.99. The Morgan fingerprint density at radius 1 is 1.30 bits per heavy atom. The number of likely N-dealkylation sites (tertiary alicyclic amines) is 1. The van der Waals surface area contributed by atoms with Crippen LogP contribution in [0.1, 0.15) is 44.7 Å². The molecule has 1 heterocycles. The monoisotopic (exact) mass is 318 g/mol. The molecule has 23 heavy (non-hydrogen) atoms. The van der Waals surface area contributed by atoms with Gasteiger partial charge in [-0.15, -0.1) is 0 Å². The molecule has 1 N–H and O–H groups in total. The van der Waals surface area contributed by atoms with Crippen LogP contribution >= 0.6 is 0 Å². The van der Waals surface area contributed by atoms with Gasteiger partial charge in [0.15, 0.2) is 0 Å². The molecule has 0 aromatic heterocycles. The zero-order valence-electron chi connectivity index (χ0n) is 15.8. The number of benzene rings is 1. The minimum atomic E-state index is 0.153. The third-order valence-electron chi connectivity index (χ3n) is 6.22. The molecule has 2 unspecified atom stereocenters. The van der Waals surface area contributed by atoms with Crippen LogP contribution < -0.4 is 0 Å². The zero-order valence-corrected chi connectivity index (χ0v) is 15.8. The molecule has 1 saturated heterocycles. The van der Waals surface area contributed by atoms with Gasteiger partial charge in [-0.05, 0) is 89.6 Å². The van der Waals surface area contributed by atoms with E-state index >= 15 is 0 Å². The smallest absolute Gasteiger partial charge is 0.115 e. The number of nitrogens with zero attached hydrogens (tertiary/aromatic N) is 2. The number of piperidine rings is 1. The highest BCUT2D eigenvalue weighted by molar-refractivity contribution is 5.41. The van der Waals surface area contributed by atoms with Crippen LogP contribution in [0, 0.1) is 5.92 Å². The number of aryl methyl sites for hydroxylation is 1. The molecule has 3 nitrogen and oxygen atoms in total. The lowest BCUT2D eigenvalue weighted by atomic mass is 9.61. The van der Waals surface area contributed by atoms with E-state index in [1.807, 2.05) is 12.1 Å². The lowest BCUT2D eigenvalue weighted by molar-refractivity contribution is 0.0536. The number of hydrogen-bond donors (Lipinski definition) is 1. The number of phenols is 1. The number of hydrogen-bond acceptors (Lipinski definition) is 3. The third kappa shape index (κ3) is 3.56. The molecule has 0 aliphatic carbocycles. The highest BCUT2D eigenvalue weighted by atomic mass is 16.3. The normalized spacial score (nSPS) is 29.2. The molecule has 130 valence electrons. The molecule has 3 heteroatoms. The fraction of sp³-hybridized carbons (Fsp3) is 0.700. The van der Waals surface area contributed by atoms with Crippen LogP contribution in [-0.2, 0) is 11.8 Å². The maximum absolute atomic E-state index is 10.1. The van der Waals surface area contributed by atoms with Gasteiger partial charge in [0.1, 0.15) is 5.75 Å². The number of rotatable bonds is 5. The molecule has 1 aliphatic heterocycles. The minimum absolute atomic E-state index is 0.153. The van der Waals surface area contributed by atoms with E-state index in [-0.39, 0.29) is 5.41 Å². The highest BCUT2D eigenvalue weighted by Crippen LogP contribution is 2.47. The van der Waals surface area contributed by atoms with Crippen molar-refractivity contribution in [2.24, 2.45) is 5.92 Å². The predicted octanol–water partition coefficient (Wildman–Crippen LogP) is 3.50. The second-order valence-electron chi connectivity index (χ2n) is 7.66. The van der Waals surface area contributed by atoms with Crippen molar-refractivity contribution in [3.05, 3.63) is 29.3 Å². The summed E-state index contributed by atoms with van der Waals surface area (Å²) in [6, 6.07) is 6.56. The Balaban J connectivity index is 2.52. The molecule has 3 atom stereocenters. The summed E-state index contributed by atoms with van der Waals surface area (Å²) in [6.45, 7) is 9.18. The lowest BCUT2D eigenvalue weighted by Crippen LogP contribution is -2.53. The Kier molecular flexibility index (Phi) is 5.74. The van der Waals surface area contributed by atoms with E-state index in [1.165, 1.54) is 17.5 Å². The second kappa shape index (κ2) is 7.23.